The Morgan fingerprint density at radius 2 is 1.81 bits per heavy atom. The minimum absolute atomic E-state index is 0.182. The van der Waals surface area contributed by atoms with Gasteiger partial charge in [-0.1, -0.05) is 22.0 Å². The van der Waals surface area contributed by atoms with Gasteiger partial charge < -0.3 is 10.6 Å². The molecule has 0 saturated heterocycles. The molecule has 0 spiro atoms. The van der Waals surface area contributed by atoms with Crippen molar-refractivity contribution in [3.63, 3.8) is 0 Å². The molecule has 0 heterocycles. The number of carbonyl (C=O) groups is 2. The van der Waals surface area contributed by atoms with Crippen LogP contribution >= 0.6 is 15.9 Å². The van der Waals surface area contributed by atoms with Gasteiger partial charge >= 0.3 is 0 Å². The van der Waals surface area contributed by atoms with Gasteiger partial charge in [-0.15, -0.1) is 0 Å². The zero-order valence-corrected chi connectivity index (χ0v) is 14.4. The van der Waals surface area contributed by atoms with E-state index in [9.17, 15) is 9.59 Å². The molecule has 5 heteroatoms. The molecule has 1 aliphatic rings. The Bertz CT molecular complexity index is 586. The van der Waals surface area contributed by atoms with Gasteiger partial charge in [0.1, 0.15) is 5.41 Å². The molecule has 0 bridgehead atoms. The predicted octanol–water partition coefficient (Wildman–Crippen LogP) is 3.39. The number of aryl methyl sites for hydroxylation is 1. The Morgan fingerprint density at radius 3 is 2.29 bits per heavy atom. The molecule has 0 radical (unpaired) electrons. The first kappa shape index (κ1) is 16.0. The van der Waals surface area contributed by atoms with E-state index in [2.05, 4.69) is 26.6 Å². The van der Waals surface area contributed by atoms with Crippen LogP contribution in [-0.4, -0.2) is 17.4 Å². The van der Waals surface area contributed by atoms with Crippen LogP contribution in [0.25, 0.3) is 0 Å². The molecule has 1 aromatic carbocycles. The zero-order valence-electron chi connectivity index (χ0n) is 12.8. The quantitative estimate of drug-likeness (QED) is 0.819. The highest BCUT2D eigenvalue weighted by Crippen LogP contribution is 2.47. The first-order valence-corrected chi connectivity index (χ1v) is 7.84. The molecule has 0 aliphatic heterocycles. The minimum Gasteiger partial charge on any atom is -0.351 e. The van der Waals surface area contributed by atoms with Crippen LogP contribution < -0.4 is 10.6 Å². The highest BCUT2D eigenvalue weighted by molar-refractivity contribution is 9.10. The lowest BCUT2D eigenvalue weighted by Crippen LogP contribution is -2.48. The largest absolute Gasteiger partial charge is 0.351 e. The smallest absolute Gasteiger partial charge is 0.240 e. The van der Waals surface area contributed by atoms with Crippen molar-refractivity contribution in [2.75, 3.05) is 5.32 Å². The van der Waals surface area contributed by atoms with Crippen molar-refractivity contribution < 1.29 is 9.59 Å². The van der Waals surface area contributed by atoms with Crippen molar-refractivity contribution in [3.8, 4) is 0 Å². The Balaban J connectivity index is 2.09. The van der Waals surface area contributed by atoms with Crippen LogP contribution in [0.15, 0.2) is 22.7 Å². The van der Waals surface area contributed by atoms with Gasteiger partial charge in [0.05, 0.1) is 0 Å². The Kier molecular flexibility index (Phi) is 4.15. The molecule has 0 unspecified atom stereocenters. The van der Waals surface area contributed by atoms with E-state index in [0.29, 0.717) is 18.5 Å². The van der Waals surface area contributed by atoms with Crippen molar-refractivity contribution in [2.24, 2.45) is 5.41 Å². The molecular weight excluding hydrogens is 332 g/mol. The summed E-state index contributed by atoms with van der Waals surface area (Å²) in [6.45, 7) is 7.72. The van der Waals surface area contributed by atoms with E-state index < -0.39 is 5.41 Å². The van der Waals surface area contributed by atoms with Crippen molar-refractivity contribution in [2.45, 2.75) is 46.1 Å². The summed E-state index contributed by atoms with van der Waals surface area (Å²) in [5.74, 6) is -0.404. The molecule has 1 fully saturated rings. The van der Waals surface area contributed by atoms with Crippen molar-refractivity contribution in [3.05, 3.63) is 28.2 Å². The predicted molar refractivity (Wildman–Crippen MR) is 87.1 cm³/mol. The number of nitrogens with one attached hydrogen (secondary N) is 2. The fourth-order valence-electron chi connectivity index (χ4n) is 2.06. The molecule has 2 rings (SSSR count). The fourth-order valence-corrected chi connectivity index (χ4v) is 2.44. The average Bonchev–Trinajstić information content (AvgIpc) is 3.13. The van der Waals surface area contributed by atoms with Crippen LogP contribution in [0.5, 0.6) is 0 Å². The van der Waals surface area contributed by atoms with Gasteiger partial charge in [0, 0.05) is 15.7 Å². The fraction of sp³-hybridized carbons (Fsp3) is 0.500. The average molecular weight is 353 g/mol. The highest BCUT2D eigenvalue weighted by Gasteiger charge is 2.57. The maximum absolute atomic E-state index is 12.4. The number of hydrogen-bond acceptors (Lipinski definition) is 2. The summed E-state index contributed by atoms with van der Waals surface area (Å²) in [6.07, 6.45) is 1.21. The second-order valence-electron chi connectivity index (χ2n) is 6.70. The van der Waals surface area contributed by atoms with E-state index in [1.807, 2.05) is 45.9 Å². The molecule has 2 N–H and O–H groups in total. The molecule has 1 saturated carbocycles. The summed E-state index contributed by atoms with van der Waals surface area (Å²) in [5, 5.41) is 5.75. The van der Waals surface area contributed by atoms with E-state index in [4.69, 9.17) is 0 Å². The van der Waals surface area contributed by atoms with Gasteiger partial charge in [0.25, 0.3) is 0 Å². The molecular formula is C16H21BrN2O2. The summed E-state index contributed by atoms with van der Waals surface area (Å²) in [6, 6.07) is 5.62. The first-order valence-electron chi connectivity index (χ1n) is 7.04. The molecule has 1 aromatic rings. The number of carbonyl (C=O) groups excluding carboxylic acids is 2. The Labute approximate surface area is 133 Å². The zero-order chi connectivity index (χ0) is 15.8. The van der Waals surface area contributed by atoms with E-state index in [-0.39, 0.29) is 17.4 Å². The SMILES string of the molecule is Cc1ccc(NC(=O)C2(C(=O)NC(C)(C)C)CC2)cc1Br. The molecule has 21 heavy (non-hydrogen) atoms. The molecule has 0 aromatic heterocycles. The lowest BCUT2D eigenvalue weighted by molar-refractivity contribution is -0.135. The topological polar surface area (TPSA) is 58.2 Å². The van der Waals surface area contributed by atoms with E-state index in [1.54, 1.807) is 0 Å². The van der Waals surface area contributed by atoms with Gasteiger partial charge in [-0.3, -0.25) is 9.59 Å². The van der Waals surface area contributed by atoms with Crippen molar-refractivity contribution in [1.29, 1.82) is 0 Å². The maximum Gasteiger partial charge on any atom is 0.240 e. The van der Waals surface area contributed by atoms with Crippen molar-refractivity contribution in [1.82, 2.24) is 5.32 Å². The van der Waals surface area contributed by atoms with Crippen LogP contribution in [0.4, 0.5) is 5.69 Å². The lowest BCUT2D eigenvalue weighted by atomic mass is 10.0. The second-order valence-corrected chi connectivity index (χ2v) is 7.56. The van der Waals surface area contributed by atoms with Crippen LogP contribution in [0.1, 0.15) is 39.2 Å². The summed E-state index contributed by atoms with van der Waals surface area (Å²) in [4.78, 5) is 24.7. The maximum atomic E-state index is 12.4. The first-order chi connectivity index (χ1) is 9.64. The van der Waals surface area contributed by atoms with Crippen LogP contribution in [-0.2, 0) is 9.59 Å². The summed E-state index contributed by atoms with van der Waals surface area (Å²) >= 11 is 3.44. The van der Waals surface area contributed by atoms with Gasteiger partial charge in [0.2, 0.25) is 11.8 Å². The Morgan fingerprint density at radius 1 is 1.19 bits per heavy atom. The normalized spacial score (nSPS) is 16.2. The number of benzene rings is 1. The molecule has 114 valence electrons. The van der Waals surface area contributed by atoms with Crippen LogP contribution in [0, 0.1) is 12.3 Å². The summed E-state index contributed by atoms with van der Waals surface area (Å²) in [5.41, 5.74) is 0.566. The van der Waals surface area contributed by atoms with Gasteiger partial charge in [0.15, 0.2) is 0 Å². The van der Waals surface area contributed by atoms with E-state index in [0.717, 1.165) is 10.0 Å². The standard InChI is InChI=1S/C16H21BrN2O2/c1-10-5-6-11(9-12(10)17)18-13(20)16(7-8-16)14(21)19-15(2,3)4/h5-6,9H,7-8H2,1-4H3,(H,18,20)(H,19,21). The third kappa shape index (κ3) is 3.64. The minimum atomic E-state index is -0.898. The second kappa shape index (κ2) is 5.44. The van der Waals surface area contributed by atoms with Crippen LogP contribution in [0.3, 0.4) is 0 Å². The number of halogens is 1. The molecule has 0 atom stereocenters. The van der Waals surface area contributed by atoms with E-state index in [1.165, 1.54) is 0 Å². The number of hydrogen-bond donors (Lipinski definition) is 2. The number of amides is 2. The molecule has 4 nitrogen and oxygen atoms in total. The summed E-state index contributed by atoms with van der Waals surface area (Å²) < 4.78 is 0.935. The van der Waals surface area contributed by atoms with Gasteiger partial charge in [-0.25, -0.2) is 0 Å². The van der Waals surface area contributed by atoms with Crippen LogP contribution in [0.2, 0.25) is 0 Å². The van der Waals surface area contributed by atoms with Gasteiger partial charge in [-0.05, 0) is 58.2 Å². The lowest BCUT2D eigenvalue weighted by Gasteiger charge is -2.24. The van der Waals surface area contributed by atoms with Crippen molar-refractivity contribution >= 4 is 33.4 Å². The van der Waals surface area contributed by atoms with E-state index >= 15 is 0 Å². The Hall–Kier alpha value is -1.36. The highest BCUT2D eigenvalue weighted by atomic mass is 79.9. The monoisotopic (exact) mass is 352 g/mol. The molecule has 2 amide bonds. The number of anilines is 1. The summed E-state index contributed by atoms with van der Waals surface area (Å²) in [7, 11) is 0. The van der Waals surface area contributed by atoms with Gasteiger partial charge in [-0.2, -0.15) is 0 Å². The third-order valence-corrected chi connectivity index (χ3v) is 4.39. The third-order valence-electron chi connectivity index (χ3n) is 3.54. The number of rotatable bonds is 3. The molecule has 1 aliphatic carbocycles.